The third kappa shape index (κ3) is 2.85. The van der Waals surface area contributed by atoms with Gasteiger partial charge in [0.2, 0.25) is 0 Å². The predicted molar refractivity (Wildman–Crippen MR) is 55.6 cm³/mol. The molecule has 0 saturated heterocycles. The van der Waals surface area contributed by atoms with Crippen LogP contribution in [-0.4, -0.2) is 16.2 Å². The van der Waals surface area contributed by atoms with Gasteiger partial charge in [-0.1, -0.05) is 23.8 Å². The van der Waals surface area contributed by atoms with Crippen molar-refractivity contribution in [2.75, 3.05) is 0 Å². The third-order valence-electron chi connectivity index (χ3n) is 1.62. The van der Waals surface area contributed by atoms with Gasteiger partial charge in [-0.2, -0.15) is 0 Å². The Kier molecular flexibility index (Phi) is 3.93. The van der Waals surface area contributed by atoms with Crippen LogP contribution in [0.3, 0.4) is 0 Å². The summed E-state index contributed by atoms with van der Waals surface area (Å²) in [5.74, 6) is 0. The molecule has 78 valence electrons. The molecule has 0 aliphatic rings. The van der Waals surface area contributed by atoms with Crippen LogP contribution in [0.4, 0.5) is 5.69 Å². The first-order valence-electron chi connectivity index (χ1n) is 4.05. The summed E-state index contributed by atoms with van der Waals surface area (Å²) in [4.78, 5) is 23.6. The van der Waals surface area contributed by atoms with E-state index in [1.807, 2.05) is 0 Å². The smallest absolute Gasteiger partial charge is 0.303 e. The molecule has 0 amide bonds. The van der Waals surface area contributed by atoms with E-state index in [2.05, 4.69) is 4.98 Å². The average molecular weight is 227 g/mol. The van der Waals surface area contributed by atoms with Crippen molar-refractivity contribution < 1.29 is 9.72 Å². The van der Waals surface area contributed by atoms with E-state index in [9.17, 15) is 14.9 Å². The largest absolute Gasteiger partial charge is 0.306 e. The van der Waals surface area contributed by atoms with Crippen molar-refractivity contribution in [2.24, 2.45) is 0 Å². The highest BCUT2D eigenvalue weighted by atomic mass is 35.5. The second-order valence-corrected chi connectivity index (χ2v) is 3.00. The molecule has 1 aromatic heterocycles. The van der Waals surface area contributed by atoms with Crippen molar-refractivity contribution in [3.05, 3.63) is 39.2 Å². The molecular weight excluding hydrogens is 220 g/mol. The summed E-state index contributed by atoms with van der Waals surface area (Å²) in [6, 6.07) is 0. The van der Waals surface area contributed by atoms with Gasteiger partial charge in [-0.15, -0.1) is 0 Å². The lowest BCUT2D eigenvalue weighted by Gasteiger charge is -1.97. The van der Waals surface area contributed by atoms with Crippen molar-refractivity contribution in [1.82, 2.24) is 4.98 Å². The van der Waals surface area contributed by atoms with Crippen molar-refractivity contribution >= 4 is 29.7 Å². The Morgan fingerprint density at radius 2 is 2.27 bits per heavy atom. The van der Waals surface area contributed by atoms with Crippen LogP contribution in [0, 0.1) is 10.1 Å². The number of carbonyl (C=O) groups excluding carboxylic acids is 1. The summed E-state index contributed by atoms with van der Waals surface area (Å²) in [6.45, 7) is 0. The van der Waals surface area contributed by atoms with E-state index in [1.54, 1.807) is 6.08 Å². The van der Waals surface area contributed by atoms with Crippen LogP contribution in [0.25, 0.3) is 6.08 Å². The van der Waals surface area contributed by atoms with E-state index >= 15 is 0 Å². The minimum Gasteiger partial charge on any atom is -0.303 e. The molecule has 0 fully saturated rings. The average Bonchev–Trinajstić information content (AvgIpc) is 2.20. The standard InChI is InChI=1S/C9H7ClN2O3/c10-9-7(3-1-2-4-13)5-11-6-8(9)12(14)15/h1,3-6H,2H2. The number of hydrogen-bond acceptors (Lipinski definition) is 4. The summed E-state index contributed by atoms with van der Waals surface area (Å²) in [5, 5.41) is 10.5. The Hall–Kier alpha value is -1.75. The molecule has 0 spiro atoms. The maximum absolute atomic E-state index is 10.5. The fourth-order valence-electron chi connectivity index (χ4n) is 0.943. The number of allylic oxidation sites excluding steroid dienone is 1. The molecule has 0 aliphatic carbocycles. The number of carbonyl (C=O) groups is 1. The van der Waals surface area contributed by atoms with Crippen LogP contribution < -0.4 is 0 Å². The van der Waals surface area contributed by atoms with E-state index in [4.69, 9.17) is 11.6 Å². The highest BCUT2D eigenvalue weighted by molar-refractivity contribution is 6.34. The van der Waals surface area contributed by atoms with Gasteiger partial charge in [-0.05, 0) is 0 Å². The van der Waals surface area contributed by atoms with Gasteiger partial charge in [-0.3, -0.25) is 15.1 Å². The lowest BCUT2D eigenvalue weighted by atomic mass is 10.2. The topological polar surface area (TPSA) is 73.1 Å². The van der Waals surface area contributed by atoms with E-state index in [1.165, 1.54) is 12.3 Å². The molecule has 5 nitrogen and oxygen atoms in total. The van der Waals surface area contributed by atoms with Crippen molar-refractivity contribution in [1.29, 1.82) is 0 Å². The zero-order chi connectivity index (χ0) is 11.3. The highest BCUT2D eigenvalue weighted by Gasteiger charge is 2.14. The zero-order valence-corrected chi connectivity index (χ0v) is 8.35. The third-order valence-corrected chi connectivity index (χ3v) is 2.03. The van der Waals surface area contributed by atoms with Crippen LogP contribution >= 0.6 is 11.6 Å². The van der Waals surface area contributed by atoms with Crippen molar-refractivity contribution in [3.63, 3.8) is 0 Å². The minimum absolute atomic E-state index is 0.0251. The van der Waals surface area contributed by atoms with E-state index in [-0.39, 0.29) is 17.1 Å². The van der Waals surface area contributed by atoms with Gasteiger partial charge in [0.1, 0.15) is 17.5 Å². The fraction of sp³-hybridized carbons (Fsp3) is 0.111. The first-order valence-corrected chi connectivity index (χ1v) is 4.42. The summed E-state index contributed by atoms with van der Waals surface area (Å²) in [6.07, 6.45) is 6.51. The van der Waals surface area contributed by atoms with Gasteiger partial charge < -0.3 is 4.79 Å². The highest BCUT2D eigenvalue weighted by Crippen LogP contribution is 2.27. The maximum atomic E-state index is 10.5. The Labute approximate surface area is 90.5 Å². The van der Waals surface area contributed by atoms with Crippen LogP contribution in [0.5, 0.6) is 0 Å². The van der Waals surface area contributed by atoms with E-state index < -0.39 is 4.92 Å². The minimum atomic E-state index is -0.605. The van der Waals surface area contributed by atoms with Crippen LogP contribution in [0.15, 0.2) is 18.5 Å². The van der Waals surface area contributed by atoms with Gasteiger partial charge in [0, 0.05) is 18.2 Å². The number of halogens is 1. The number of aromatic nitrogens is 1. The zero-order valence-electron chi connectivity index (χ0n) is 7.59. The molecule has 0 radical (unpaired) electrons. The Bertz CT molecular complexity index is 418. The van der Waals surface area contributed by atoms with Gasteiger partial charge in [0.15, 0.2) is 0 Å². The van der Waals surface area contributed by atoms with Crippen LogP contribution in [0.2, 0.25) is 5.02 Å². The molecule has 0 saturated carbocycles. The second-order valence-electron chi connectivity index (χ2n) is 2.62. The molecule has 1 heterocycles. The molecule has 0 N–H and O–H groups in total. The number of nitrogens with zero attached hydrogens (tertiary/aromatic N) is 2. The molecule has 0 bridgehead atoms. The van der Waals surface area contributed by atoms with Gasteiger partial charge >= 0.3 is 5.69 Å². The summed E-state index contributed by atoms with van der Waals surface area (Å²) < 4.78 is 0. The first kappa shape index (κ1) is 11.3. The molecule has 15 heavy (non-hydrogen) atoms. The summed E-state index contributed by atoms with van der Waals surface area (Å²) in [5.41, 5.74) is 0.178. The Balaban J connectivity index is 3.04. The molecule has 0 atom stereocenters. The molecular formula is C9H7ClN2O3. The second kappa shape index (κ2) is 5.21. The van der Waals surface area contributed by atoms with Gasteiger partial charge in [-0.25, -0.2) is 0 Å². The normalized spacial score (nSPS) is 10.5. The van der Waals surface area contributed by atoms with E-state index in [0.29, 0.717) is 5.56 Å². The van der Waals surface area contributed by atoms with Crippen molar-refractivity contribution in [3.8, 4) is 0 Å². The summed E-state index contributed by atoms with van der Waals surface area (Å²) in [7, 11) is 0. The number of hydrogen-bond donors (Lipinski definition) is 0. The number of pyridine rings is 1. The van der Waals surface area contributed by atoms with Crippen molar-refractivity contribution in [2.45, 2.75) is 6.42 Å². The molecule has 1 aromatic rings. The van der Waals surface area contributed by atoms with Gasteiger partial charge in [0.25, 0.3) is 0 Å². The maximum Gasteiger partial charge on any atom is 0.306 e. The molecule has 0 unspecified atom stereocenters. The monoisotopic (exact) mass is 226 g/mol. The number of rotatable bonds is 4. The first-order chi connectivity index (χ1) is 7.16. The predicted octanol–water partition coefficient (Wildman–Crippen LogP) is 2.25. The molecule has 0 aliphatic heterocycles. The Morgan fingerprint density at radius 3 is 2.87 bits per heavy atom. The SMILES string of the molecule is O=CCC=Cc1cncc([N+](=O)[O-])c1Cl. The van der Waals surface area contributed by atoms with Gasteiger partial charge in [0.05, 0.1) is 4.92 Å². The van der Waals surface area contributed by atoms with Crippen LogP contribution in [-0.2, 0) is 4.79 Å². The fourth-order valence-corrected chi connectivity index (χ4v) is 1.17. The number of aldehydes is 1. The Morgan fingerprint density at radius 1 is 1.53 bits per heavy atom. The molecule has 6 heteroatoms. The lowest BCUT2D eigenvalue weighted by molar-refractivity contribution is -0.385. The summed E-state index contributed by atoms with van der Waals surface area (Å²) >= 11 is 5.76. The molecule has 0 aromatic carbocycles. The van der Waals surface area contributed by atoms with E-state index in [0.717, 1.165) is 12.5 Å². The quantitative estimate of drug-likeness (QED) is 0.448. The number of nitro groups is 1. The van der Waals surface area contributed by atoms with Crippen LogP contribution in [0.1, 0.15) is 12.0 Å². The molecule has 1 rings (SSSR count). The lowest BCUT2D eigenvalue weighted by Crippen LogP contribution is -1.92.